The average Bonchev–Trinajstić information content (AvgIpc) is 2.80. The number of furan rings is 1. The van der Waals surface area contributed by atoms with Crippen LogP contribution >= 0.6 is 15.9 Å². The first-order chi connectivity index (χ1) is 9.70. The van der Waals surface area contributed by atoms with Crippen molar-refractivity contribution in [2.24, 2.45) is 23.2 Å². The van der Waals surface area contributed by atoms with Crippen molar-refractivity contribution in [2.75, 3.05) is 6.54 Å². The van der Waals surface area contributed by atoms with E-state index in [2.05, 4.69) is 28.2 Å². The highest BCUT2D eigenvalue weighted by Gasteiger charge is 2.55. The zero-order valence-electron chi connectivity index (χ0n) is 12.2. The Balaban J connectivity index is 1.71. The Morgan fingerprint density at radius 1 is 1.25 bits per heavy atom. The van der Waals surface area contributed by atoms with Crippen LogP contribution < -0.4 is 5.32 Å². The molecule has 1 atom stereocenters. The highest BCUT2D eigenvalue weighted by atomic mass is 79.9. The summed E-state index contributed by atoms with van der Waals surface area (Å²) in [5, 5.41) is 3.76. The van der Waals surface area contributed by atoms with E-state index in [1.165, 1.54) is 38.5 Å². The molecule has 5 rings (SSSR count). The molecule has 0 aromatic carbocycles. The fraction of sp³-hybridized carbons (Fsp3) is 0.765. The van der Waals surface area contributed by atoms with Crippen LogP contribution in [-0.2, 0) is 0 Å². The van der Waals surface area contributed by atoms with Crippen LogP contribution in [0, 0.1) is 23.2 Å². The van der Waals surface area contributed by atoms with E-state index in [4.69, 9.17) is 4.42 Å². The maximum Gasteiger partial charge on any atom is 0.135 e. The second-order valence-corrected chi connectivity index (χ2v) is 8.26. The van der Waals surface area contributed by atoms with Crippen LogP contribution in [0.1, 0.15) is 57.3 Å². The SMILES string of the molecule is CCNC(c1occc1Br)C12CC3CC(CC(C3)C1)C2. The van der Waals surface area contributed by atoms with Gasteiger partial charge in [0, 0.05) is 0 Å². The predicted octanol–water partition coefficient (Wildman–Crippen LogP) is 4.91. The summed E-state index contributed by atoms with van der Waals surface area (Å²) in [7, 11) is 0. The molecule has 0 aliphatic heterocycles. The standard InChI is InChI=1S/C17H24BrNO/c1-2-19-16(15-14(18)3-4-20-15)17-8-11-5-12(9-17)7-13(6-11)10-17/h3-4,11-13,16,19H,2,5-10H2,1H3. The lowest BCUT2D eigenvalue weighted by molar-refractivity contribution is -0.0782. The van der Waals surface area contributed by atoms with Gasteiger partial charge < -0.3 is 9.73 Å². The molecule has 1 N–H and O–H groups in total. The van der Waals surface area contributed by atoms with Gasteiger partial charge in [0.05, 0.1) is 16.8 Å². The van der Waals surface area contributed by atoms with E-state index >= 15 is 0 Å². The summed E-state index contributed by atoms with van der Waals surface area (Å²) in [4.78, 5) is 0. The molecule has 4 fully saturated rings. The molecule has 0 amide bonds. The first-order valence-electron chi connectivity index (χ1n) is 8.16. The molecule has 2 nitrogen and oxygen atoms in total. The van der Waals surface area contributed by atoms with Crippen molar-refractivity contribution in [1.82, 2.24) is 5.32 Å². The number of halogens is 1. The molecule has 0 spiro atoms. The highest BCUT2D eigenvalue weighted by Crippen LogP contribution is 2.64. The Hall–Kier alpha value is -0.280. The van der Waals surface area contributed by atoms with Crippen LogP contribution in [0.15, 0.2) is 21.2 Å². The van der Waals surface area contributed by atoms with E-state index in [0.29, 0.717) is 11.5 Å². The molecule has 4 aliphatic carbocycles. The number of hydrogen-bond acceptors (Lipinski definition) is 2. The second-order valence-electron chi connectivity index (χ2n) is 7.40. The molecule has 4 bridgehead atoms. The fourth-order valence-electron chi connectivity index (χ4n) is 5.83. The van der Waals surface area contributed by atoms with Gasteiger partial charge in [-0.2, -0.15) is 0 Å². The van der Waals surface area contributed by atoms with Crippen molar-refractivity contribution in [3.63, 3.8) is 0 Å². The Morgan fingerprint density at radius 2 is 1.85 bits per heavy atom. The molecule has 1 aromatic heterocycles. The van der Waals surface area contributed by atoms with Crippen LogP contribution in [0.2, 0.25) is 0 Å². The lowest BCUT2D eigenvalue weighted by atomic mass is 9.47. The summed E-state index contributed by atoms with van der Waals surface area (Å²) in [5.41, 5.74) is 0.450. The van der Waals surface area contributed by atoms with E-state index in [9.17, 15) is 0 Å². The van der Waals surface area contributed by atoms with E-state index in [1.54, 1.807) is 0 Å². The van der Waals surface area contributed by atoms with Gasteiger partial charge in [-0.05, 0) is 90.2 Å². The van der Waals surface area contributed by atoms with Crippen LogP contribution in [0.5, 0.6) is 0 Å². The van der Waals surface area contributed by atoms with Gasteiger partial charge >= 0.3 is 0 Å². The summed E-state index contributed by atoms with van der Waals surface area (Å²) >= 11 is 3.68. The smallest absolute Gasteiger partial charge is 0.135 e. The number of hydrogen-bond donors (Lipinski definition) is 1. The normalized spacial score (nSPS) is 40.2. The zero-order chi connectivity index (χ0) is 13.7. The molecule has 1 aromatic rings. The van der Waals surface area contributed by atoms with Crippen molar-refractivity contribution in [3.05, 3.63) is 22.6 Å². The molecule has 3 heteroatoms. The van der Waals surface area contributed by atoms with Crippen molar-refractivity contribution < 1.29 is 4.42 Å². The quantitative estimate of drug-likeness (QED) is 0.844. The lowest BCUT2D eigenvalue weighted by Crippen LogP contribution is -2.51. The largest absolute Gasteiger partial charge is 0.466 e. The van der Waals surface area contributed by atoms with Gasteiger partial charge in [0.25, 0.3) is 0 Å². The second kappa shape index (κ2) is 4.88. The Morgan fingerprint density at radius 3 is 2.30 bits per heavy atom. The summed E-state index contributed by atoms with van der Waals surface area (Å²) in [6, 6.07) is 2.44. The molecule has 1 unspecified atom stereocenters. The summed E-state index contributed by atoms with van der Waals surface area (Å²) in [6.07, 6.45) is 10.5. The molecule has 1 heterocycles. The maximum atomic E-state index is 5.86. The molecular formula is C17H24BrNO. The number of nitrogens with one attached hydrogen (secondary N) is 1. The minimum atomic E-state index is 0.394. The molecule has 0 saturated heterocycles. The Bertz CT molecular complexity index is 460. The van der Waals surface area contributed by atoms with Crippen LogP contribution in [0.3, 0.4) is 0 Å². The molecule has 4 saturated carbocycles. The van der Waals surface area contributed by atoms with Gasteiger partial charge in [-0.1, -0.05) is 6.92 Å². The molecule has 20 heavy (non-hydrogen) atoms. The van der Waals surface area contributed by atoms with Gasteiger partial charge in [0.1, 0.15) is 5.76 Å². The van der Waals surface area contributed by atoms with Crippen LogP contribution in [0.25, 0.3) is 0 Å². The van der Waals surface area contributed by atoms with Crippen molar-refractivity contribution >= 4 is 15.9 Å². The van der Waals surface area contributed by atoms with Gasteiger partial charge in [-0.25, -0.2) is 0 Å². The third kappa shape index (κ3) is 2.00. The van der Waals surface area contributed by atoms with Gasteiger partial charge in [-0.15, -0.1) is 0 Å². The number of rotatable bonds is 4. The minimum Gasteiger partial charge on any atom is -0.466 e. The van der Waals surface area contributed by atoms with Crippen molar-refractivity contribution in [2.45, 2.75) is 51.5 Å². The lowest BCUT2D eigenvalue weighted by Gasteiger charge is -2.59. The molecule has 110 valence electrons. The van der Waals surface area contributed by atoms with Crippen LogP contribution in [-0.4, -0.2) is 6.54 Å². The maximum absolute atomic E-state index is 5.86. The van der Waals surface area contributed by atoms with Crippen molar-refractivity contribution in [3.8, 4) is 0 Å². The zero-order valence-corrected chi connectivity index (χ0v) is 13.8. The Labute approximate surface area is 129 Å². The summed E-state index contributed by atoms with van der Waals surface area (Å²) in [6.45, 7) is 3.23. The molecule has 4 aliphatic rings. The third-order valence-electron chi connectivity index (χ3n) is 6.01. The molecular weight excluding hydrogens is 314 g/mol. The summed E-state index contributed by atoms with van der Waals surface area (Å²) < 4.78 is 7.00. The highest BCUT2D eigenvalue weighted by molar-refractivity contribution is 9.10. The van der Waals surface area contributed by atoms with Crippen LogP contribution in [0.4, 0.5) is 0 Å². The van der Waals surface area contributed by atoms with E-state index < -0.39 is 0 Å². The first kappa shape index (κ1) is 13.4. The van der Waals surface area contributed by atoms with Gasteiger partial charge in [-0.3, -0.25) is 0 Å². The van der Waals surface area contributed by atoms with E-state index in [0.717, 1.165) is 34.5 Å². The third-order valence-corrected chi connectivity index (χ3v) is 6.67. The average molecular weight is 338 g/mol. The summed E-state index contributed by atoms with van der Waals surface area (Å²) in [5.74, 6) is 4.08. The monoisotopic (exact) mass is 337 g/mol. The van der Waals surface area contributed by atoms with E-state index in [-0.39, 0.29) is 0 Å². The van der Waals surface area contributed by atoms with E-state index in [1.807, 2.05) is 12.3 Å². The van der Waals surface area contributed by atoms with Gasteiger partial charge in [0.15, 0.2) is 0 Å². The van der Waals surface area contributed by atoms with Crippen molar-refractivity contribution in [1.29, 1.82) is 0 Å². The Kier molecular flexibility index (Phi) is 3.26. The fourth-order valence-corrected chi connectivity index (χ4v) is 6.26. The minimum absolute atomic E-state index is 0.394. The first-order valence-corrected chi connectivity index (χ1v) is 8.96. The molecule has 0 radical (unpaired) electrons. The topological polar surface area (TPSA) is 25.2 Å². The predicted molar refractivity (Wildman–Crippen MR) is 83.4 cm³/mol. The van der Waals surface area contributed by atoms with Gasteiger partial charge in [0.2, 0.25) is 0 Å².